The summed E-state index contributed by atoms with van der Waals surface area (Å²) in [6.07, 6.45) is 6.33. The first-order chi connectivity index (χ1) is 10.1. The van der Waals surface area contributed by atoms with E-state index in [1.807, 2.05) is 5.82 Å². The lowest BCUT2D eigenvalue weighted by atomic mass is 9.96. The van der Waals surface area contributed by atoms with Gasteiger partial charge in [0.05, 0.1) is 5.69 Å². The molecule has 0 fully saturated rings. The van der Waals surface area contributed by atoms with Crippen molar-refractivity contribution in [2.45, 2.75) is 20.8 Å². The number of benzene rings is 1. The van der Waals surface area contributed by atoms with Crippen molar-refractivity contribution in [1.29, 1.82) is 0 Å². The highest BCUT2D eigenvalue weighted by molar-refractivity contribution is 7.21. The third-order valence-corrected chi connectivity index (χ3v) is 4.17. The van der Waals surface area contributed by atoms with E-state index in [4.69, 9.17) is 4.98 Å². The monoisotopic (exact) mass is 294 g/mol. The Kier molecular flexibility index (Phi) is 3.65. The van der Waals surface area contributed by atoms with Crippen LogP contribution in [0.3, 0.4) is 0 Å². The summed E-state index contributed by atoms with van der Waals surface area (Å²) in [5.41, 5.74) is 8.31. The van der Waals surface area contributed by atoms with Crippen LogP contribution in [0.1, 0.15) is 22.3 Å². The molecule has 3 rings (SSSR count). The number of rotatable bonds is 2. The topological polar surface area (TPSA) is 17.3 Å². The van der Waals surface area contributed by atoms with Crippen molar-refractivity contribution in [3.8, 4) is 11.3 Å². The Morgan fingerprint density at radius 1 is 1.00 bits per heavy atom. The van der Waals surface area contributed by atoms with Gasteiger partial charge in [0.1, 0.15) is 5.65 Å². The van der Waals surface area contributed by atoms with E-state index in [2.05, 4.69) is 77.1 Å². The fourth-order valence-corrected chi connectivity index (χ4v) is 2.84. The van der Waals surface area contributed by atoms with Gasteiger partial charge < -0.3 is 4.40 Å². The van der Waals surface area contributed by atoms with Crippen molar-refractivity contribution in [2.75, 3.05) is 0 Å². The Balaban J connectivity index is 2.16. The van der Waals surface area contributed by atoms with E-state index in [-0.39, 0.29) is 0 Å². The van der Waals surface area contributed by atoms with Gasteiger partial charge in [-0.25, -0.2) is 4.98 Å². The zero-order valence-electron chi connectivity index (χ0n) is 12.6. The molecule has 0 saturated carbocycles. The molecule has 0 saturated heterocycles. The zero-order chi connectivity index (χ0) is 15.0. The van der Waals surface area contributed by atoms with Crippen LogP contribution in [0.2, 0.25) is 0 Å². The summed E-state index contributed by atoms with van der Waals surface area (Å²) in [6, 6.07) is 8.48. The smallest absolute Gasteiger partial charge is 0.137 e. The minimum atomic E-state index is 0.988. The standard InChI is InChI=1S/C18H19N2P/c1-12-4-7-18-19-17(11-20(18)10-12)16-6-5-15(8-9-21)13(2)14(16)3/h4-11H,21H2,1-3H3/b9-8+. The van der Waals surface area contributed by atoms with Gasteiger partial charge in [-0.1, -0.05) is 30.1 Å². The van der Waals surface area contributed by atoms with E-state index in [1.165, 1.54) is 27.8 Å². The van der Waals surface area contributed by atoms with E-state index in [1.54, 1.807) is 0 Å². The second kappa shape index (κ2) is 5.46. The lowest BCUT2D eigenvalue weighted by Crippen LogP contribution is -1.91. The molecule has 0 aliphatic heterocycles. The largest absolute Gasteiger partial charge is 0.306 e. The van der Waals surface area contributed by atoms with Crippen molar-refractivity contribution in [3.63, 3.8) is 0 Å². The predicted octanol–water partition coefficient (Wildman–Crippen LogP) is 4.77. The van der Waals surface area contributed by atoms with Gasteiger partial charge in [-0.3, -0.25) is 0 Å². The Bertz CT molecular complexity index is 844. The number of pyridine rings is 1. The number of aromatic nitrogens is 2. The highest BCUT2D eigenvalue weighted by Crippen LogP contribution is 2.28. The van der Waals surface area contributed by atoms with Crippen molar-refractivity contribution in [3.05, 3.63) is 64.7 Å². The molecule has 0 amide bonds. The number of aryl methyl sites for hydroxylation is 1. The summed E-state index contributed by atoms with van der Waals surface area (Å²) in [5, 5.41) is 0. The molecule has 0 radical (unpaired) electrons. The summed E-state index contributed by atoms with van der Waals surface area (Å²) in [6.45, 7) is 6.43. The quantitative estimate of drug-likeness (QED) is 0.622. The third kappa shape index (κ3) is 2.52. The van der Waals surface area contributed by atoms with Crippen LogP contribution in [0.5, 0.6) is 0 Å². The molecule has 2 heterocycles. The van der Waals surface area contributed by atoms with E-state index in [0.717, 1.165) is 11.3 Å². The molecule has 3 aromatic rings. The summed E-state index contributed by atoms with van der Waals surface area (Å²) >= 11 is 0. The molecule has 0 bridgehead atoms. The minimum absolute atomic E-state index is 0.988. The zero-order valence-corrected chi connectivity index (χ0v) is 13.7. The number of fused-ring (bicyclic) bond motifs is 1. The SMILES string of the molecule is Cc1ccc2nc(-c3ccc(/C=C/P)c(C)c3C)cn2c1. The molecule has 3 heteroatoms. The minimum Gasteiger partial charge on any atom is -0.306 e. The summed E-state index contributed by atoms with van der Waals surface area (Å²) < 4.78 is 2.09. The van der Waals surface area contributed by atoms with E-state index >= 15 is 0 Å². The fraction of sp³-hybridized carbons (Fsp3) is 0.167. The normalized spacial score (nSPS) is 11.6. The molecule has 1 atom stereocenters. The predicted molar refractivity (Wildman–Crippen MR) is 93.6 cm³/mol. The van der Waals surface area contributed by atoms with Crippen molar-refractivity contribution < 1.29 is 0 Å². The van der Waals surface area contributed by atoms with Crippen molar-refractivity contribution in [2.24, 2.45) is 0 Å². The van der Waals surface area contributed by atoms with E-state index < -0.39 is 0 Å². The van der Waals surface area contributed by atoms with Gasteiger partial charge in [-0.15, -0.1) is 9.24 Å². The Hall–Kier alpha value is -1.92. The highest BCUT2D eigenvalue weighted by atomic mass is 31.0. The van der Waals surface area contributed by atoms with Crippen LogP contribution in [0.25, 0.3) is 23.0 Å². The van der Waals surface area contributed by atoms with Crippen LogP contribution in [0, 0.1) is 20.8 Å². The maximum atomic E-state index is 4.74. The van der Waals surface area contributed by atoms with Crippen LogP contribution in [-0.2, 0) is 0 Å². The Labute approximate surface area is 127 Å². The first-order valence-electron chi connectivity index (χ1n) is 7.04. The molecule has 21 heavy (non-hydrogen) atoms. The first kappa shape index (κ1) is 14.0. The maximum Gasteiger partial charge on any atom is 0.137 e. The lowest BCUT2D eigenvalue weighted by Gasteiger charge is -2.09. The Morgan fingerprint density at radius 2 is 1.81 bits per heavy atom. The second-order valence-corrected chi connectivity index (χ2v) is 5.79. The Morgan fingerprint density at radius 3 is 2.57 bits per heavy atom. The summed E-state index contributed by atoms with van der Waals surface area (Å²) in [7, 11) is 2.62. The average molecular weight is 294 g/mol. The molecule has 1 aromatic carbocycles. The molecule has 0 aliphatic rings. The molecule has 2 nitrogen and oxygen atoms in total. The van der Waals surface area contributed by atoms with Gasteiger partial charge >= 0.3 is 0 Å². The molecule has 0 spiro atoms. The first-order valence-corrected chi connectivity index (χ1v) is 7.71. The molecular weight excluding hydrogens is 275 g/mol. The van der Waals surface area contributed by atoms with Gasteiger partial charge in [0, 0.05) is 18.0 Å². The highest BCUT2D eigenvalue weighted by Gasteiger charge is 2.10. The van der Waals surface area contributed by atoms with Crippen LogP contribution < -0.4 is 0 Å². The van der Waals surface area contributed by atoms with Crippen LogP contribution >= 0.6 is 9.24 Å². The van der Waals surface area contributed by atoms with Gasteiger partial charge in [0.2, 0.25) is 0 Å². The van der Waals surface area contributed by atoms with Gasteiger partial charge in [0.15, 0.2) is 0 Å². The molecule has 2 aromatic heterocycles. The number of imidazole rings is 1. The van der Waals surface area contributed by atoms with Gasteiger partial charge in [0.25, 0.3) is 0 Å². The lowest BCUT2D eigenvalue weighted by molar-refractivity contribution is 1.16. The maximum absolute atomic E-state index is 4.74. The second-order valence-electron chi connectivity index (χ2n) is 5.41. The molecular formula is C18H19N2P. The third-order valence-electron chi connectivity index (χ3n) is 3.98. The van der Waals surface area contributed by atoms with Crippen LogP contribution in [0.15, 0.2) is 42.5 Å². The van der Waals surface area contributed by atoms with Gasteiger partial charge in [-0.2, -0.15) is 0 Å². The van der Waals surface area contributed by atoms with Crippen molar-refractivity contribution >= 4 is 21.0 Å². The van der Waals surface area contributed by atoms with E-state index in [9.17, 15) is 0 Å². The van der Waals surface area contributed by atoms with Crippen molar-refractivity contribution in [1.82, 2.24) is 9.38 Å². The molecule has 0 N–H and O–H groups in total. The fourth-order valence-electron chi connectivity index (χ4n) is 2.64. The van der Waals surface area contributed by atoms with Crippen LogP contribution in [0.4, 0.5) is 0 Å². The summed E-state index contributed by atoms with van der Waals surface area (Å²) in [5.74, 6) is 2.00. The van der Waals surface area contributed by atoms with E-state index in [0.29, 0.717) is 0 Å². The van der Waals surface area contributed by atoms with Crippen LogP contribution in [-0.4, -0.2) is 9.38 Å². The number of nitrogens with zero attached hydrogens (tertiary/aromatic N) is 2. The molecule has 106 valence electrons. The molecule has 1 unspecified atom stereocenters. The number of hydrogen-bond acceptors (Lipinski definition) is 1. The summed E-state index contributed by atoms with van der Waals surface area (Å²) in [4.78, 5) is 4.74. The van der Waals surface area contributed by atoms with Gasteiger partial charge in [-0.05, 0) is 49.1 Å². The average Bonchev–Trinajstić information content (AvgIpc) is 2.87. The molecule has 0 aliphatic carbocycles. The number of hydrogen-bond donors (Lipinski definition) is 0.